The molecule has 0 bridgehead atoms. The van der Waals surface area contributed by atoms with Crippen LogP contribution in [0.3, 0.4) is 0 Å². The normalized spacial score (nSPS) is 21.1. The number of rotatable bonds is 3. The first-order valence-corrected chi connectivity index (χ1v) is 8.10. The molecule has 1 N–H and O–H groups in total. The minimum atomic E-state index is -1.09. The lowest BCUT2D eigenvalue weighted by molar-refractivity contribution is -0.134. The number of nitrogens with zero attached hydrogens (tertiary/aromatic N) is 3. The van der Waals surface area contributed by atoms with Crippen molar-refractivity contribution in [3.63, 3.8) is 0 Å². The van der Waals surface area contributed by atoms with Crippen LogP contribution in [0.5, 0.6) is 0 Å². The number of amides is 1. The fourth-order valence-corrected chi connectivity index (χ4v) is 3.25. The number of fused-ring (bicyclic) bond motifs is 1. The zero-order chi connectivity index (χ0) is 17.3. The number of hydrogen-bond acceptors (Lipinski definition) is 4. The second kappa shape index (κ2) is 6.36. The topological polar surface area (TPSA) is 56.7 Å². The number of aliphatic hydroxyl groups is 1. The average molecular weight is 331 g/mol. The molecule has 3 rings (SSSR count). The van der Waals surface area contributed by atoms with Gasteiger partial charge in [-0.15, -0.1) is 0 Å². The van der Waals surface area contributed by atoms with Crippen LogP contribution in [0.2, 0.25) is 0 Å². The molecule has 0 aliphatic carbocycles. The van der Waals surface area contributed by atoms with E-state index in [0.29, 0.717) is 18.8 Å². The lowest BCUT2D eigenvalue weighted by Crippen LogP contribution is -2.50. The van der Waals surface area contributed by atoms with Crippen molar-refractivity contribution in [3.8, 4) is 0 Å². The minimum absolute atomic E-state index is 0.0790. The van der Waals surface area contributed by atoms with Gasteiger partial charge in [-0.1, -0.05) is 6.07 Å². The Bertz CT molecular complexity index is 765. The Hall–Kier alpha value is -2.21. The molecule has 1 saturated heterocycles. The summed E-state index contributed by atoms with van der Waals surface area (Å²) in [6, 6.07) is 6.45. The summed E-state index contributed by atoms with van der Waals surface area (Å²) in [6.45, 7) is 1.04. The van der Waals surface area contributed by atoms with E-state index in [-0.39, 0.29) is 18.1 Å². The van der Waals surface area contributed by atoms with Gasteiger partial charge in [0.2, 0.25) is 5.91 Å². The third kappa shape index (κ3) is 3.33. The van der Waals surface area contributed by atoms with Gasteiger partial charge >= 0.3 is 0 Å². The lowest BCUT2D eigenvalue weighted by atomic mass is 9.89. The molecule has 0 spiro atoms. The summed E-state index contributed by atoms with van der Waals surface area (Å²) >= 11 is 0. The predicted molar refractivity (Wildman–Crippen MR) is 91.4 cm³/mol. The van der Waals surface area contributed by atoms with Crippen molar-refractivity contribution >= 4 is 22.5 Å². The molecule has 1 amide bonds. The molecule has 1 atom stereocenters. The first kappa shape index (κ1) is 16.6. The molecule has 5 nitrogen and oxygen atoms in total. The van der Waals surface area contributed by atoms with Crippen molar-refractivity contribution in [1.29, 1.82) is 0 Å². The van der Waals surface area contributed by atoms with Crippen molar-refractivity contribution in [1.82, 2.24) is 9.88 Å². The van der Waals surface area contributed by atoms with E-state index in [1.165, 1.54) is 17.0 Å². The van der Waals surface area contributed by atoms with Crippen LogP contribution in [0.25, 0.3) is 10.8 Å². The molecule has 1 fully saturated rings. The van der Waals surface area contributed by atoms with Gasteiger partial charge in [-0.05, 0) is 36.4 Å². The first-order valence-electron chi connectivity index (χ1n) is 8.10. The summed E-state index contributed by atoms with van der Waals surface area (Å²) < 4.78 is 13.7. The van der Waals surface area contributed by atoms with Gasteiger partial charge in [0, 0.05) is 38.8 Å². The maximum Gasteiger partial charge on any atom is 0.225 e. The molecular formula is C18H22FN3O2. The van der Waals surface area contributed by atoms with Crippen LogP contribution in [0.1, 0.15) is 19.3 Å². The van der Waals surface area contributed by atoms with Gasteiger partial charge in [0.05, 0.1) is 12.0 Å². The molecule has 24 heavy (non-hydrogen) atoms. The highest BCUT2D eigenvalue weighted by Gasteiger charge is 2.36. The Balaban J connectivity index is 1.90. The van der Waals surface area contributed by atoms with Crippen molar-refractivity contribution in [2.45, 2.75) is 24.9 Å². The molecule has 0 radical (unpaired) electrons. The average Bonchev–Trinajstić information content (AvgIpc) is 2.53. The van der Waals surface area contributed by atoms with Crippen molar-refractivity contribution < 1.29 is 14.3 Å². The third-order valence-corrected chi connectivity index (χ3v) is 4.54. The summed E-state index contributed by atoms with van der Waals surface area (Å²) in [7, 11) is 3.36. The van der Waals surface area contributed by atoms with Crippen LogP contribution in [0.15, 0.2) is 30.5 Å². The van der Waals surface area contributed by atoms with Crippen LogP contribution in [-0.4, -0.2) is 53.7 Å². The van der Waals surface area contributed by atoms with Gasteiger partial charge in [-0.3, -0.25) is 4.79 Å². The van der Waals surface area contributed by atoms with Crippen molar-refractivity contribution in [3.05, 3.63) is 36.3 Å². The molecule has 1 unspecified atom stereocenters. The Kier molecular flexibility index (Phi) is 4.41. The molecule has 2 aromatic rings. The number of benzene rings is 1. The number of pyridine rings is 1. The molecule has 1 aromatic heterocycles. The quantitative estimate of drug-likeness (QED) is 0.937. The van der Waals surface area contributed by atoms with E-state index >= 15 is 0 Å². The lowest BCUT2D eigenvalue weighted by Gasteiger charge is -2.40. The van der Waals surface area contributed by atoms with E-state index in [1.807, 2.05) is 11.0 Å². The molecule has 1 aromatic carbocycles. The fourth-order valence-electron chi connectivity index (χ4n) is 3.25. The number of aromatic nitrogens is 1. The molecule has 1 aliphatic heterocycles. The van der Waals surface area contributed by atoms with Gasteiger partial charge in [0.1, 0.15) is 11.6 Å². The van der Waals surface area contributed by atoms with E-state index in [4.69, 9.17) is 0 Å². The number of anilines is 1. The SMILES string of the molecule is CN(C)C(=O)CC1(O)CCCN(c2nccc3ccc(F)cc23)C1. The summed E-state index contributed by atoms with van der Waals surface area (Å²) in [5, 5.41) is 12.5. The zero-order valence-electron chi connectivity index (χ0n) is 14.0. The largest absolute Gasteiger partial charge is 0.388 e. The molecule has 128 valence electrons. The third-order valence-electron chi connectivity index (χ3n) is 4.54. The number of halogens is 1. The van der Waals surface area contributed by atoms with Gasteiger partial charge in [-0.2, -0.15) is 0 Å². The van der Waals surface area contributed by atoms with E-state index in [2.05, 4.69) is 4.98 Å². The first-order chi connectivity index (χ1) is 11.4. The number of carbonyl (C=O) groups is 1. The molecule has 2 heterocycles. The number of β-amino-alcohol motifs (C(OH)–C–C–N with tert-alkyl or cyclic N) is 1. The van der Waals surface area contributed by atoms with Gasteiger partial charge in [-0.25, -0.2) is 9.37 Å². The summed E-state index contributed by atoms with van der Waals surface area (Å²) in [6.07, 6.45) is 3.09. The monoisotopic (exact) mass is 331 g/mol. The predicted octanol–water partition coefficient (Wildman–Crippen LogP) is 2.18. The Labute approximate surface area is 140 Å². The van der Waals surface area contributed by atoms with Gasteiger partial charge in [0.15, 0.2) is 0 Å². The van der Waals surface area contributed by atoms with Crippen molar-refractivity contribution in [2.75, 3.05) is 32.1 Å². The van der Waals surface area contributed by atoms with Gasteiger partial charge in [0.25, 0.3) is 0 Å². The second-order valence-corrected chi connectivity index (χ2v) is 6.71. The number of carbonyl (C=O) groups excluding carboxylic acids is 1. The van der Waals surface area contributed by atoms with Crippen LogP contribution < -0.4 is 4.90 Å². The Morgan fingerprint density at radius 1 is 1.42 bits per heavy atom. The number of hydrogen-bond donors (Lipinski definition) is 1. The van der Waals surface area contributed by atoms with E-state index in [0.717, 1.165) is 23.7 Å². The molecular weight excluding hydrogens is 309 g/mol. The summed E-state index contributed by atoms with van der Waals surface area (Å²) in [4.78, 5) is 19.8. The molecule has 0 saturated carbocycles. The Morgan fingerprint density at radius 3 is 2.96 bits per heavy atom. The Morgan fingerprint density at radius 2 is 2.21 bits per heavy atom. The second-order valence-electron chi connectivity index (χ2n) is 6.71. The van der Waals surface area contributed by atoms with E-state index in [1.54, 1.807) is 26.4 Å². The standard InChI is InChI=1S/C18H22FN3O2/c1-21(2)16(23)11-18(24)7-3-9-22(12-18)17-15-10-14(19)5-4-13(15)6-8-20-17/h4-6,8,10,24H,3,7,9,11-12H2,1-2H3. The summed E-state index contributed by atoms with van der Waals surface area (Å²) in [5.41, 5.74) is -1.09. The highest BCUT2D eigenvalue weighted by atomic mass is 19.1. The van der Waals surface area contributed by atoms with Crippen LogP contribution in [-0.2, 0) is 4.79 Å². The number of piperidine rings is 1. The fraction of sp³-hybridized carbons (Fsp3) is 0.444. The smallest absolute Gasteiger partial charge is 0.225 e. The maximum atomic E-state index is 13.7. The van der Waals surface area contributed by atoms with Crippen molar-refractivity contribution in [2.24, 2.45) is 0 Å². The van der Waals surface area contributed by atoms with E-state index < -0.39 is 5.60 Å². The molecule has 6 heteroatoms. The molecule has 1 aliphatic rings. The van der Waals surface area contributed by atoms with E-state index in [9.17, 15) is 14.3 Å². The minimum Gasteiger partial charge on any atom is -0.388 e. The highest BCUT2D eigenvalue weighted by Crippen LogP contribution is 2.32. The van der Waals surface area contributed by atoms with Crippen LogP contribution in [0, 0.1) is 5.82 Å². The highest BCUT2D eigenvalue weighted by molar-refractivity contribution is 5.92. The zero-order valence-corrected chi connectivity index (χ0v) is 14.0. The van der Waals surface area contributed by atoms with Gasteiger partial charge < -0.3 is 14.9 Å². The maximum absolute atomic E-state index is 13.7. The van der Waals surface area contributed by atoms with Crippen LogP contribution >= 0.6 is 0 Å². The summed E-state index contributed by atoms with van der Waals surface area (Å²) in [5.74, 6) is 0.241. The van der Waals surface area contributed by atoms with Crippen LogP contribution in [0.4, 0.5) is 10.2 Å².